The summed E-state index contributed by atoms with van der Waals surface area (Å²) in [5, 5.41) is 8.51. The largest absolute Gasteiger partial charge is 0.461 e. The first kappa shape index (κ1) is 58.1. The van der Waals surface area contributed by atoms with Gasteiger partial charge in [0, 0.05) is 44.0 Å². The van der Waals surface area contributed by atoms with Crippen molar-refractivity contribution >= 4 is 44.6 Å². The van der Waals surface area contributed by atoms with Crippen molar-refractivity contribution in [3.8, 4) is 0 Å². The number of halogens is 1. The number of nitrogens with zero attached hydrogens (tertiary/aromatic N) is 1. The van der Waals surface area contributed by atoms with Gasteiger partial charge in [-0.25, -0.2) is 13.9 Å². The highest BCUT2D eigenvalue weighted by Gasteiger charge is 2.30. The smallest absolute Gasteiger partial charge is 0.328 e. The van der Waals surface area contributed by atoms with Crippen LogP contribution in [0.1, 0.15) is 104 Å². The third-order valence-electron chi connectivity index (χ3n) is 11.5. The standard InChI is InChI=1S/C57H68FN4O11P/c1-43(60-53(64)34-32-50(56(67)71-39-45-21-9-3-10-22-45)61-52(63)27-15-6-16-36-59-55(66)48-28-30-49(58)31-29-48)18-17-37-69-42-62(74-73-41-47-25-13-5-14-26-47)51(57(68)72-40-46-23-11-4-12-24-46)33-35-54(65)70-38-44-19-7-2-8-20-44/h2-5,7-14,19-26,28-31,43,50-51,74H,6,15-18,27,32-42H2,1H3,(H,59,66)(H,60,64)(H,61,63)/t43-,50+,51+/m1/s1. The maximum atomic E-state index is 13.8. The zero-order valence-corrected chi connectivity index (χ0v) is 42.9. The van der Waals surface area contributed by atoms with Crippen molar-refractivity contribution in [3.63, 3.8) is 0 Å². The average Bonchev–Trinajstić information content (AvgIpc) is 3.42. The van der Waals surface area contributed by atoms with Gasteiger partial charge in [-0.05, 0) is 92.0 Å². The van der Waals surface area contributed by atoms with Gasteiger partial charge in [0.25, 0.3) is 5.91 Å². The van der Waals surface area contributed by atoms with Crippen molar-refractivity contribution in [1.82, 2.24) is 20.6 Å². The van der Waals surface area contributed by atoms with Crippen molar-refractivity contribution in [2.24, 2.45) is 0 Å². The van der Waals surface area contributed by atoms with Gasteiger partial charge in [-0.15, -0.1) is 0 Å². The Morgan fingerprint density at radius 3 is 1.69 bits per heavy atom. The summed E-state index contributed by atoms with van der Waals surface area (Å²) in [6.07, 6.45) is 2.95. The molecule has 0 saturated carbocycles. The van der Waals surface area contributed by atoms with Gasteiger partial charge >= 0.3 is 17.9 Å². The molecule has 1 unspecified atom stereocenters. The van der Waals surface area contributed by atoms with E-state index in [1.165, 1.54) is 24.3 Å². The second kappa shape index (κ2) is 33.8. The van der Waals surface area contributed by atoms with E-state index in [0.29, 0.717) is 44.2 Å². The highest BCUT2D eigenvalue weighted by molar-refractivity contribution is 7.29. The van der Waals surface area contributed by atoms with E-state index in [2.05, 4.69) is 16.0 Å². The summed E-state index contributed by atoms with van der Waals surface area (Å²) in [4.78, 5) is 78.7. The number of unbranched alkanes of at least 4 members (excludes halogenated alkanes) is 2. The molecule has 15 nitrogen and oxygen atoms in total. The Labute approximate surface area is 435 Å². The Morgan fingerprint density at radius 2 is 1.09 bits per heavy atom. The van der Waals surface area contributed by atoms with Gasteiger partial charge in [-0.2, -0.15) is 0 Å². The first-order valence-electron chi connectivity index (χ1n) is 25.0. The zero-order chi connectivity index (χ0) is 52.6. The van der Waals surface area contributed by atoms with Crippen molar-refractivity contribution < 1.29 is 56.6 Å². The van der Waals surface area contributed by atoms with E-state index < -0.39 is 35.8 Å². The van der Waals surface area contributed by atoms with Gasteiger partial charge in [0.1, 0.15) is 44.5 Å². The normalized spacial score (nSPS) is 12.4. The maximum absolute atomic E-state index is 13.8. The molecular formula is C57H68FN4O11P. The van der Waals surface area contributed by atoms with E-state index in [1.54, 1.807) is 4.67 Å². The molecule has 17 heteroatoms. The molecule has 5 aromatic rings. The van der Waals surface area contributed by atoms with Gasteiger partial charge in [0.15, 0.2) is 0 Å². The molecular weight excluding hydrogens is 967 g/mol. The van der Waals surface area contributed by atoms with Crippen molar-refractivity contribution in [2.45, 2.75) is 116 Å². The number of carbonyl (C=O) groups excluding carboxylic acids is 6. The quantitative estimate of drug-likeness (QED) is 0.0117. The molecule has 0 heterocycles. The lowest BCUT2D eigenvalue weighted by Gasteiger charge is -2.29. The molecule has 74 heavy (non-hydrogen) atoms. The van der Waals surface area contributed by atoms with Crippen LogP contribution < -0.4 is 16.0 Å². The predicted octanol–water partition coefficient (Wildman–Crippen LogP) is 9.05. The predicted molar refractivity (Wildman–Crippen MR) is 279 cm³/mol. The summed E-state index contributed by atoms with van der Waals surface area (Å²) < 4.78 is 44.1. The molecule has 0 bridgehead atoms. The number of nitrogens with one attached hydrogen (secondary N) is 3. The number of carbonyl (C=O) groups is 6. The molecule has 0 saturated heterocycles. The molecule has 0 radical (unpaired) electrons. The van der Waals surface area contributed by atoms with Gasteiger partial charge < -0.3 is 39.4 Å². The van der Waals surface area contributed by atoms with E-state index in [1.807, 2.05) is 128 Å². The summed E-state index contributed by atoms with van der Waals surface area (Å²) in [6, 6.07) is 40.4. The number of rotatable bonds is 34. The SMILES string of the molecule is C[C@H](CCCOCN(POCc1ccccc1)[C@@H](CCC(=O)OCc1ccccc1)C(=O)OCc1ccccc1)NC(=O)CC[C@H](NC(=O)CCCCCNC(=O)c1ccc(F)cc1)C(=O)OCc1ccccc1. The minimum absolute atomic E-state index is 0.00270. The summed E-state index contributed by atoms with van der Waals surface area (Å²) in [7, 11) is -0.323. The molecule has 0 aliphatic carbocycles. The lowest BCUT2D eigenvalue weighted by Crippen LogP contribution is -2.43. The minimum atomic E-state index is -1.06. The van der Waals surface area contributed by atoms with Crippen LogP contribution in [-0.2, 0) is 73.9 Å². The molecule has 3 N–H and O–H groups in total. The molecule has 0 aliphatic heterocycles. The van der Waals surface area contributed by atoms with Crippen LogP contribution in [0.4, 0.5) is 4.39 Å². The highest BCUT2D eigenvalue weighted by atomic mass is 31.1. The zero-order valence-electron chi connectivity index (χ0n) is 41.9. The van der Waals surface area contributed by atoms with Crippen LogP contribution in [0.2, 0.25) is 0 Å². The first-order valence-corrected chi connectivity index (χ1v) is 25.9. The molecule has 0 aliphatic rings. The Kier molecular flexibility index (Phi) is 26.5. The fourth-order valence-corrected chi connectivity index (χ4v) is 8.33. The number of ether oxygens (including phenoxy) is 4. The third-order valence-corrected chi connectivity index (χ3v) is 12.5. The van der Waals surface area contributed by atoms with E-state index in [9.17, 15) is 33.2 Å². The molecule has 3 amide bonds. The van der Waals surface area contributed by atoms with Crippen molar-refractivity contribution in [1.29, 1.82) is 0 Å². The van der Waals surface area contributed by atoms with Crippen LogP contribution in [0, 0.1) is 5.82 Å². The van der Waals surface area contributed by atoms with Crippen molar-refractivity contribution in [3.05, 3.63) is 179 Å². The Bertz CT molecular complexity index is 2440. The summed E-state index contributed by atoms with van der Waals surface area (Å²) >= 11 is 0. The fraction of sp³-hybridized carbons (Fsp3) is 0.368. The van der Waals surface area contributed by atoms with E-state index >= 15 is 0 Å². The fourth-order valence-electron chi connectivity index (χ4n) is 7.43. The van der Waals surface area contributed by atoms with Gasteiger partial charge in [0.05, 0.1) is 15.6 Å². The van der Waals surface area contributed by atoms with Crippen LogP contribution in [0.5, 0.6) is 0 Å². The van der Waals surface area contributed by atoms with E-state index in [4.69, 9.17) is 23.5 Å². The second-order valence-electron chi connectivity index (χ2n) is 17.6. The Balaban J connectivity index is 1.09. The molecule has 0 aromatic heterocycles. The molecule has 5 aromatic carbocycles. The average molecular weight is 1040 g/mol. The number of esters is 3. The number of hydrogen-bond donors (Lipinski definition) is 3. The number of amides is 3. The van der Waals surface area contributed by atoms with Crippen LogP contribution in [0.25, 0.3) is 0 Å². The Morgan fingerprint density at radius 1 is 0.554 bits per heavy atom. The Hall–Kier alpha value is -6.84. The van der Waals surface area contributed by atoms with Crippen LogP contribution in [0.3, 0.4) is 0 Å². The number of benzene rings is 5. The summed E-state index contributed by atoms with van der Waals surface area (Å²) in [5.41, 5.74) is 3.73. The molecule has 0 fully saturated rings. The van der Waals surface area contributed by atoms with E-state index in [0.717, 1.165) is 22.3 Å². The van der Waals surface area contributed by atoms with Crippen molar-refractivity contribution in [2.75, 3.05) is 19.9 Å². The van der Waals surface area contributed by atoms with Gasteiger partial charge in [-0.3, -0.25) is 24.0 Å². The van der Waals surface area contributed by atoms with E-state index in [-0.39, 0.29) is 105 Å². The topological polar surface area (TPSA) is 188 Å². The lowest BCUT2D eigenvalue weighted by molar-refractivity contribution is -0.152. The maximum Gasteiger partial charge on any atom is 0.328 e. The van der Waals surface area contributed by atoms with Gasteiger partial charge in [0.2, 0.25) is 11.8 Å². The van der Waals surface area contributed by atoms with Crippen LogP contribution in [-0.4, -0.2) is 78.3 Å². The number of hydrogen-bond acceptors (Lipinski definition) is 12. The molecule has 394 valence electrons. The lowest BCUT2D eigenvalue weighted by atomic mass is 10.1. The third kappa shape index (κ3) is 23.4. The second-order valence-corrected chi connectivity index (χ2v) is 18.6. The molecule has 4 atom stereocenters. The summed E-state index contributed by atoms with van der Waals surface area (Å²) in [5.74, 6) is -3.06. The first-order chi connectivity index (χ1) is 36.0. The summed E-state index contributed by atoms with van der Waals surface area (Å²) in [6.45, 7) is 2.94. The van der Waals surface area contributed by atoms with Crippen LogP contribution in [0.15, 0.2) is 146 Å². The molecule has 5 rings (SSSR count). The van der Waals surface area contributed by atoms with Crippen LogP contribution >= 0.6 is 8.96 Å². The monoisotopic (exact) mass is 1030 g/mol. The van der Waals surface area contributed by atoms with Gasteiger partial charge in [-0.1, -0.05) is 128 Å². The highest BCUT2D eigenvalue weighted by Crippen LogP contribution is 2.28. The molecule has 0 spiro atoms. The minimum Gasteiger partial charge on any atom is -0.461 e.